The number of ether oxygens (including phenoxy) is 1. The first-order valence-electron chi connectivity index (χ1n) is 6.93. The monoisotopic (exact) mass is 294 g/mol. The van der Waals surface area contributed by atoms with Crippen molar-refractivity contribution < 1.29 is 14.6 Å². The largest absolute Gasteiger partial charge is 0.392 e. The summed E-state index contributed by atoms with van der Waals surface area (Å²) >= 11 is 0. The highest BCUT2D eigenvalue weighted by Gasteiger charge is 2.17. The highest BCUT2D eigenvalue weighted by atomic mass is 35.5. The lowest BCUT2D eigenvalue weighted by atomic mass is 10.1. The lowest BCUT2D eigenvalue weighted by molar-refractivity contribution is -0.131. The standard InChI is InChI=1S/C13H26N2O3.ClH/c1-3-15(4-2)13(17)6-5-12(16)11-14-7-9-18-10-8-14;/h12,16H,3-11H2,1-2H3;1H. The van der Waals surface area contributed by atoms with E-state index < -0.39 is 6.10 Å². The summed E-state index contributed by atoms with van der Waals surface area (Å²) in [6.45, 7) is 9.33. The van der Waals surface area contributed by atoms with Gasteiger partial charge in [0.05, 0.1) is 19.3 Å². The third kappa shape index (κ3) is 7.11. The molecule has 0 aromatic carbocycles. The van der Waals surface area contributed by atoms with Gasteiger partial charge in [-0.2, -0.15) is 0 Å². The first-order valence-corrected chi connectivity index (χ1v) is 6.93. The van der Waals surface area contributed by atoms with Gasteiger partial charge in [0.2, 0.25) is 5.91 Å². The van der Waals surface area contributed by atoms with Gasteiger partial charge in [0.1, 0.15) is 0 Å². The van der Waals surface area contributed by atoms with E-state index in [0.717, 1.165) is 39.4 Å². The number of aliphatic hydroxyl groups excluding tert-OH is 1. The fourth-order valence-corrected chi connectivity index (χ4v) is 2.20. The minimum Gasteiger partial charge on any atom is -0.392 e. The molecule has 6 heteroatoms. The van der Waals surface area contributed by atoms with Gasteiger partial charge >= 0.3 is 0 Å². The molecular weight excluding hydrogens is 268 g/mol. The Balaban J connectivity index is 0.00000324. The number of amides is 1. The maximum atomic E-state index is 11.8. The van der Waals surface area contributed by atoms with Gasteiger partial charge in [0.25, 0.3) is 0 Å². The topological polar surface area (TPSA) is 53.0 Å². The number of rotatable bonds is 7. The number of halogens is 1. The van der Waals surface area contributed by atoms with Crippen LogP contribution >= 0.6 is 12.4 Å². The van der Waals surface area contributed by atoms with Crippen molar-refractivity contribution in [3.05, 3.63) is 0 Å². The van der Waals surface area contributed by atoms with Crippen molar-refractivity contribution in [3.8, 4) is 0 Å². The SMILES string of the molecule is CCN(CC)C(=O)CCC(O)CN1CCOCC1.Cl. The minimum atomic E-state index is -0.414. The lowest BCUT2D eigenvalue weighted by Crippen LogP contribution is -2.41. The summed E-state index contributed by atoms with van der Waals surface area (Å²) in [7, 11) is 0. The average Bonchev–Trinajstić information content (AvgIpc) is 2.39. The molecule has 0 spiro atoms. The van der Waals surface area contributed by atoms with Crippen molar-refractivity contribution in [2.24, 2.45) is 0 Å². The van der Waals surface area contributed by atoms with Crippen LogP contribution in [0.2, 0.25) is 0 Å². The second kappa shape index (κ2) is 10.4. The summed E-state index contributed by atoms with van der Waals surface area (Å²) in [5.74, 6) is 0.140. The number of aliphatic hydroxyl groups is 1. The predicted octanol–water partition coefficient (Wildman–Crippen LogP) is 0.750. The molecule has 1 amide bonds. The van der Waals surface area contributed by atoms with Crippen LogP contribution in [0.1, 0.15) is 26.7 Å². The average molecular weight is 295 g/mol. The zero-order chi connectivity index (χ0) is 13.4. The summed E-state index contributed by atoms with van der Waals surface area (Å²) in [4.78, 5) is 15.8. The summed E-state index contributed by atoms with van der Waals surface area (Å²) in [5, 5.41) is 9.92. The molecule has 1 rings (SSSR count). The Bertz CT molecular complexity index is 244. The quantitative estimate of drug-likeness (QED) is 0.753. The molecule has 0 aromatic heterocycles. The van der Waals surface area contributed by atoms with Gasteiger partial charge in [0.15, 0.2) is 0 Å². The molecule has 1 aliphatic heterocycles. The fourth-order valence-electron chi connectivity index (χ4n) is 2.20. The summed E-state index contributed by atoms with van der Waals surface area (Å²) in [5.41, 5.74) is 0. The van der Waals surface area contributed by atoms with Gasteiger partial charge in [-0.3, -0.25) is 9.69 Å². The Morgan fingerprint density at radius 2 is 1.89 bits per heavy atom. The van der Waals surface area contributed by atoms with Crippen molar-refractivity contribution in [1.29, 1.82) is 0 Å². The van der Waals surface area contributed by atoms with Crippen LogP contribution in [0.4, 0.5) is 0 Å². The molecule has 5 nitrogen and oxygen atoms in total. The maximum Gasteiger partial charge on any atom is 0.222 e. The molecule has 0 radical (unpaired) electrons. The molecule has 19 heavy (non-hydrogen) atoms. The van der Waals surface area contributed by atoms with Crippen LogP contribution in [0, 0.1) is 0 Å². The molecule has 1 aliphatic rings. The first-order chi connectivity index (χ1) is 8.67. The van der Waals surface area contributed by atoms with Crippen LogP contribution in [-0.2, 0) is 9.53 Å². The van der Waals surface area contributed by atoms with Gasteiger partial charge < -0.3 is 14.7 Å². The summed E-state index contributed by atoms with van der Waals surface area (Å²) < 4.78 is 5.26. The first kappa shape index (κ1) is 18.6. The molecular formula is C13H27ClN2O3. The van der Waals surface area contributed by atoms with E-state index in [-0.39, 0.29) is 18.3 Å². The fraction of sp³-hybridized carbons (Fsp3) is 0.923. The van der Waals surface area contributed by atoms with Gasteiger partial charge in [-0.25, -0.2) is 0 Å². The molecule has 1 unspecified atom stereocenters. The van der Waals surface area contributed by atoms with E-state index in [9.17, 15) is 9.90 Å². The highest BCUT2D eigenvalue weighted by molar-refractivity contribution is 5.85. The zero-order valence-corrected chi connectivity index (χ0v) is 12.8. The minimum absolute atomic E-state index is 0. The molecule has 0 bridgehead atoms. The van der Waals surface area contributed by atoms with E-state index in [0.29, 0.717) is 19.4 Å². The lowest BCUT2D eigenvalue weighted by Gasteiger charge is -2.28. The Morgan fingerprint density at radius 3 is 2.42 bits per heavy atom. The second-order valence-electron chi connectivity index (χ2n) is 4.67. The van der Waals surface area contributed by atoms with Crippen molar-refractivity contribution in [3.63, 3.8) is 0 Å². The van der Waals surface area contributed by atoms with Gasteiger partial charge in [0, 0.05) is 39.1 Å². The number of hydrogen-bond acceptors (Lipinski definition) is 4. The van der Waals surface area contributed by atoms with Crippen LogP contribution < -0.4 is 0 Å². The van der Waals surface area contributed by atoms with Crippen LogP contribution in [0.5, 0.6) is 0 Å². The van der Waals surface area contributed by atoms with Crippen LogP contribution in [-0.4, -0.2) is 72.9 Å². The van der Waals surface area contributed by atoms with Crippen molar-refractivity contribution in [2.45, 2.75) is 32.8 Å². The van der Waals surface area contributed by atoms with E-state index in [2.05, 4.69) is 4.90 Å². The molecule has 0 saturated carbocycles. The molecule has 1 heterocycles. The van der Waals surface area contributed by atoms with Crippen LogP contribution in [0.3, 0.4) is 0 Å². The number of hydrogen-bond donors (Lipinski definition) is 1. The Hall–Kier alpha value is -0.360. The zero-order valence-electron chi connectivity index (χ0n) is 12.0. The Kier molecular flexibility index (Phi) is 10.2. The van der Waals surface area contributed by atoms with E-state index in [1.54, 1.807) is 4.90 Å². The predicted molar refractivity (Wildman–Crippen MR) is 77.7 cm³/mol. The Labute approximate surface area is 122 Å². The molecule has 0 aliphatic carbocycles. The van der Waals surface area contributed by atoms with Crippen molar-refractivity contribution in [2.75, 3.05) is 45.9 Å². The number of carbonyl (C=O) groups excluding carboxylic acids is 1. The van der Waals surface area contributed by atoms with Crippen LogP contribution in [0.15, 0.2) is 0 Å². The van der Waals surface area contributed by atoms with Crippen LogP contribution in [0.25, 0.3) is 0 Å². The Morgan fingerprint density at radius 1 is 1.32 bits per heavy atom. The molecule has 1 saturated heterocycles. The number of β-amino-alcohol motifs (C(OH)–C–C–N with tert-alkyl or cyclic N) is 1. The third-order valence-electron chi connectivity index (χ3n) is 3.38. The number of morpholine rings is 1. The third-order valence-corrected chi connectivity index (χ3v) is 3.38. The van der Waals surface area contributed by atoms with Gasteiger partial charge in [-0.1, -0.05) is 0 Å². The molecule has 114 valence electrons. The normalized spacial score (nSPS) is 17.6. The summed E-state index contributed by atoms with van der Waals surface area (Å²) in [6, 6.07) is 0. The van der Waals surface area contributed by atoms with E-state index in [1.807, 2.05) is 13.8 Å². The van der Waals surface area contributed by atoms with E-state index >= 15 is 0 Å². The molecule has 0 aromatic rings. The van der Waals surface area contributed by atoms with Crippen molar-refractivity contribution in [1.82, 2.24) is 9.80 Å². The second-order valence-corrected chi connectivity index (χ2v) is 4.67. The maximum absolute atomic E-state index is 11.8. The number of carbonyl (C=O) groups is 1. The smallest absolute Gasteiger partial charge is 0.222 e. The molecule has 1 fully saturated rings. The van der Waals surface area contributed by atoms with E-state index in [1.165, 1.54) is 0 Å². The highest BCUT2D eigenvalue weighted by Crippen LogP contribution is 2.05. The molecule has 1 atom stereocenters. The van der Waals surface area contributed by atoms with E-state index in [4.69, 9.17) is 4.74 Å². The number of nitrogens with zero attached hydrogens (tertiary/aromatic N) is 2. The van der Waals surface area contributed by atoms with Gasteiger partial charge in [-0.15, -0.1) is 12.4 Å². The molecule has 1 N–H and O–H groups in total. The summed E-state index contributed by atoms with van der Waals surface area (Å²) in [6.07, 6.45) is 0.572. The van der Waals surface area contributed by atoms with Crippen molar-refractivity contribution >= 4 is 18.3 Å². The van der Waals surface area contributed by atoms with Gasteiger partial charge in [-0.05, 0) is 20.3 Å².